The monoisotopic (exact) mass is 407 g/mol. The van der Waals surface area contributed by atoms with Gasteiger partial charge in [-0.1, -0.05) is 20.8 Å². The second kappa shape index (κ2) is 8.18. The van der Waals surface area contributed by atoms with E-state index in [9.17, 15) is 0 Å². The van der Waals surface area contributed by atoms with Crippen LogP contribution in [0.4, 0.5) is 0 Å². The molecule has 0 atom stereocenters. The molecule has 0 aliphatic heterocycles. The third kappa shape index (κ3) is 4.89. The number of hydrogen-bond donors (Lipinski definition) is 0. The fourth-order valence-corrected chi connectivity index (χ4v) is 3.92. The van der Waals surface area contributed by atoms with Gasteiger partial charge in [0.15, 0.2) is 20.9 Å². The van der Waals surface area contributed by atoms with Gasteiger partial charge in [0.1, 0.15) is 11.8 Å². The highest BCUT2D eigenvalue weighted by atomic mass is 28.4. The molecule has 9 heteroatoms. The summed E-state index contributed by atoms with van der Waals surface area (Å²) in [6.07, 6.45) is 5.36. The standard InChI is InChI=1S/C19H29N3O5Si/c1-19(2,3)28(5,6)27-14-7-13(8-14)25-18-11-20-15(10-21-18)16-9-17(22-26-16)24-12-23-4/h9-11,13-14H,7-8,12H2,1-6H3. The van der Waals surface area contributed by atoms with Crippen LogP contribution in [-0.4, -0.2) is 49.6 Å². The van der Waals surface area contributed by atoms with Crippen molar-refractivity contribution in [2.75, 3.05) is 13.9 Å². The summed E-state index contributed by atoms with van der Waals surface area (Å²) >= 11 is 0. The van der Waals surface area contributed by atoms with Gasteiger partial charge in [-0.05, 0) is 23.3 Å². The van der Waals surface area contributed by atoms with E-state index in [1.54, 1.807) is 18.5 Å². The molecule has 1 aliphatic rings. The van der Waals surface area contributed by atoms with Crippen LogP contribution in [0.25, 0.3) is 11.5 Å². The zero-order chi connectivity index (χ0) is 20.4. The topological polar surface area (TPSA) is 88.7 Å². The lowest BCUT2D eigenvalue weighted by atomic mass is 9.92. The summed E-state index contributed by atoms with van der Waals surface area (Å²) < 4.78 is 27.5. The maximum absolute atomic E-state index is 6.40. The Labute approximate surface area is 166 Å². The van der Waals surface area contributed by atoms with Gasteiger partial charge < -0.3 is 23.2 Å². The van der Waals surface area contributed by atoms with Crippen LogP contribution in [0.5, 0.6) is 11.8 Å². The molecule has 0 saturated heterocycles. The summed E-state index contributed by atoms with van der Waals surface area (Å²) in [5, 5.41) is 4.01. The fraction of sp³-hybridized carbons (Fsp3) is 0.632. The summed E-state index contributed by atoms with van der Waals surface area (Å²) in [7, 11) is -0.192. The number of ether oxygens (including phenoxy) is 3. The van der Waals surface area contributed by atoms with E-state index in [0.717, 1.165) is 12.8 Å². The van der Waals surface area contributed by atoms with Gasteiger partial charge in [0.25, 0.3) is 5.88 Å². The molecule has 2 heterocycles. The van der Waals surface area contributed by atoms with Gasteiger partial charge in [0.05, 0.1) is 24.6 Å². The predicted molar refractivity (Wildman–Crippen MR) is 106 cm³/mol. The van der Waals surface area contributed by atoms with Crippen molar-refractivity contribution >= 4 is 8.32 Å². The maximum Gasteiger partial charge on any atom is 0.256 e. The van der Waals surface area contributed by atoms with Gasteiger partial charge in [0.2, 0.25) is 5.88 Å². The van der Waals surface area contributed by atoms with Crippen molar-refractivity contribution in [3.8, 4) is 23.2 Å². The molecule has 1 aliphatic carbocycles. The van der Waals surface area contributed by atoms with Gasteiger partial charge in [-0.2, -0.15) is 0 Å². The van der Waals surface area contributed by atoms with E-state index in [4.69, 9.17) is 23.2 Å². The summed E-state index contributed by atoms with van der Waals surface area (Å²) in [6.45, 7) is 11.4. The summed E-state index contributed by atoms with van der Waals surface area (Å²) in [6, 6.07) is 1.64. The Kier molecular flexibility index (Phi) is 6.06. The number of hydrogen-bond acceptors (Lipinski definition) is 8. The lowest BCUT2D eigenvalue weighted by molar-refractivity contribution is -0.00545. The Balaban J connectivity index is 1.49. The first-order chi connectivity index (χ1) is 13.2. The van der Waals surface area contributed by atoms with Crippen molar-refractivity contribution in [2.45, 2.75) is 64.0 Å². The highest BCUT2D eigenvalue weighted by molar-refractivity contribution is 6.74. The van der Waals surface area contributed by atoms with Crippen molar-refractivity contribution in [3.63, 3.8) is 0 Å². The Bertz CT molecular complexity index is 767. The molecular formula is C19H29N3O5Si. The minimum atomic E-state index is -1.73. The zero-order valence-electron chi connectivity index (χ0n) is 17.4. The first kappa shape index (κ1) is 20.8. The largest absolute Gasteiger partial charge is 0.473 e. The molecule has 154 valence electrons. The molecule has 1 saturated carbocycles. The van der Waals surface area contributed by atoms with Gasteiger partial charge in [-0.25, -0.2) is 9.97 Å². The Morgan fingerprint density at radius 2 is 1.86 bits per heavy atom. The van der Waals surface area contributed by atoms with Crippen LogP contribution in [0.1, 0.15) is 33.6 Å². The molecule has 0 spiro atoms. The highest BCUT2D eigenvalue weighted by Gasteiger charge is 2.43. The van der Waals surface area contributed by atoms with E-state index in [0.29, 0.717) is 23.2 Å². The fourth-order valence-electron chi connectivity index (χ4n) is 2.55. The van der Waals surface area contributed by atoms with E-state index in [2.05, 4.69) is 49.0 Å². The lowest BCUT2D eigenvalue weighted by Gasteiger charge is -2.44. The quantitative estimate of drug-likeness (QED) is 0.478. The summed E-state index contributed by atoms with van der Waals surface area (Å²) in [4.78, 5) is 8.65. The van der Waals surface area contributed by atoms with Crippen LogP contribution >= 0.6 is 0 Å². The maximum atomic E-state index is 6.40. The molecule has 3 rings (SSSR count). The smallest absolute Gasteiger partial charge is 0.256 e. The van der Waals surface area contributed by atoms with E-state index < -0.39 is 8.32 Å². The van der Waals surface area contributed by atoms with Gasteiger partial charge in [-0.3, -0.25) is 0 Å². The minimum Gasteiger partial charge on any atom is -0.473 e. The van der Waals surface area contributed by atoms with Crippen LogP contribution in [0.2, 0.25) is 18.1 Å². The summed E-state index contributed by atoms with van der Waals surface area (Å²) in [5.41, 5.74) is 0.555. The van der Waals surface area contributed by atoms with Crippen LogP contribution in [-0.2, 0) is 9.16 Å². The lowest BCUT2D eigenvalue weighted by Crippen LogP contribution is -2.50. The zero-order valence-corrected chi connectivity index (χ0v) is 18.4. The van der Waals surface area contributed by atoms with E-state index in [1.807, 2.05) is 0 Å². The van der Waals surface area contributed by atoms with Gasteiger partial charge in [-0.15, -0.1) is 0 Å². The van der Waals surface area contributed by atoms with Gasteiger partial charge in [0, 0.05) is 20.0 Å². The van der Waals surface area contributed by atoms with Crippen LogP contribution < -0.4 is 9.47 Å². The molecule has 0 aromatic carbocycles. The second-order valence-corrected chi connectivity index (χ2v) is 13.3. The third-order valence-corrected chi connectivity index (χ3v) is 9.84. The number of aromatic nitrogens is 3. The van der Waals surface area contributed by atoms with Crippen LogP contribution in [0.3, 0.4) is 0 Å². The molecule has 1 fully saturated rings. The SMILES string of the molecule is COCOc1cc(-c2cnc(OC3CC(O[Si](C)(C)C(C)(C)C)C3)cn2)on1. The molecule has 0 amide bonds. The first-order valence-corrected chi connectivity index (χ1v) is 12.3. The molecule has 0 unspecified atom stereocenters. The number of nitrogens with zero attached hydrogens (tertiary/aromatic N) is 3. The normalized spacial score (nSPS) is 19.9. The molecule has 2 aromatic rings. The predicted octanol–water partition coefficient (Wildman–Crippen LogP) is 4.05. The number of methoxy groups -OCH3 is 1. The minimum absolute atomic E-state index is 0.103. The summed E-state index contributed by atoms with van der Waals surface area (Å²) in [5.74, 6) is 1.30. The molecular weight excluding hydrogens is 378 g/mol. The molecule has 8 nitrogen and oxygen atoms in total. The van der Waals surface area contributed by atoms with Crippen molar-refractivity contribution in [1.82, 2.24) is 15.1 Å². The highest BCUT2D eigenvalue weighted by Crippen LogP contribution is 2.40. The molecule has 0 bridgehead atoms. The Morgan fingerprint density at radius 1 is 1.11 bits per heavy atom. The average Bonchev–Trinajstić information content (AvgIpc) is 3.06. The van der Waals surface area contributed by atoms with Crippen LogP contribution in [0, 0.1) is 0 Å². The van der Waals surface area contributed by atoms with Crippen LogP contribution in [0.15, 0.2) is 23.0 Å². The molecule has 28 heavy (non-hydrogen) atoms. The second-order valence-electron chi connectivity index (χ2n) is 8.53. The molecule has 0 radical (unpaired) electrons. The third-order valence-electron chi connectivity index (χ3n) is 5.30. The molecule has 0 N–H and O–H groups in total. The molecule has 2 aromatic heterocycles. The Hall–Kier alpha value is -1.97. The van der Waals surface area contributed by atoms with E-state index in [1.165, 1.54) is 7.11 Å². The van der Waals surface area contributed by atoms with Crippen molar-refractivity contribution < 1.29 is 23.2 Å². The van der Waals surface area contributed by atoms with Gasteiger partial charge >= 0.3 is 0 Å². The van der Waals surface area contributed by atoms with E-state index in [-0.39, 0.29) is 24.0 Å². The average molecular weight is 408 g/mol. The number of rotatable bonds is 8. The van der Waals surface area contributed by atoms with Crippen molar-refractivity contribution in [1.29, 1.82) is 0 Å². The van der Waals surface area contributed by atoms with Crippen molar-refractivity contribution in [3.05, 3.63) is 18.5 Å². The Morgan fingerprint density at radius 3 is 2.46 bits per heavy atom. The van der Waals surface area contributed by atoms with E-state index >= 15 is 0 Å². The van der Waals surface area contributed by atoms with Crippen molar-refractivity contribution in [2.24, 2.45) is 0 Å². The first-order valence-electron chi connectivity index (χ1n) is 9.43.